The van der Waals surface area contributed by atoms with Crippen LogP contribution in [0.15, 0.2) is 23.0 Å². The second-order valence-electron chi connectivity index (χ2n) is 6.95. The standard InChI is InChI=1S/C17H23N5O3/c1-12-5-15(19-25-12)10-21-8-14-9-22(3-4-24-16(14)11-21)17(23)13-6-18-20(2)7-13/h5-7,14,16H,3-4,8-11H2,1-2H3/t14-,16-/m1/s1. The summed E-state index contributed by atoms with van der Waals surface area (Å²) in [5, 5.41) is 8.17. The average molecular weight is 345 g/mol. The summed E-state index contributed by atoms with van der Waals surface area (Å²) in [7, 11) is 1.82. The number of carbonyl (C=O) groups is 1. The summed E-state index contributed by atoms with van der Waals surface area (Å²) in [5.74, 6) is 1.17. The average Bonchev–Trinajstić information content (AvgIpc) is 3.25. The Hall–Kier alpha value is -2.19. The summed E-state index contributed by atoms with van der Waals surface area (Å²) < 4.78 is 12.8. The van der Waals surface area contributed by atoms with E-state index in [-0.39, 0.29) is 12.0 Å². The molecule has 0 spiro atoms. The van der Waals surface area contributed by atoms with E-state index < -0.39 is 0 Å². The molecule has 4 heterocycles. The molecule has 0 aliphatic carbocycles. The highest BCUT2D eigenvalue weighted by Crippen LogP contribution is 2.25. The Labute approximate surface area is 146 Å². The number of amides is 1. The fourth-order valence-corrected chi connectivity index (χ4v) is 3.73. The zero-order chi connectivity index (χ0) is 17.4. The van der Waals surface area contributed by atoms with Gasteiger partial charge in [0.25, 0.3) is 5.91 Å². The van der Waals surface area contributed by atoms with E-state index in [1.54, 1.807) is 17.1 Å². The smallest absolute Gasteiger partial charge is 0.257 e. The lowest BCUT2D eigenvalue weighted by Crippen LogP contribution is -2.37. The van der Waals surface area contributed by atoms with E-state index in [0.717, 1.165) is 31.1 Å². The molecular formula is C17H23N5O3. The molecule has 4 rings (SSSR count). The van der Waals surface area contributed by atoms with Crippen molar-refractivity contribution in [3.05, 3.63) is 35.5 Å². The quantitative estimate of drug-likeness (QED) is 0.815. The highest BCUT2D eigenvalue weighted by molar-refractivity contribution is 5.93. The lowest BCUT2D eigenvalue weighted by Gasteiger charge is -2.23. The van der Waals surface area contributed by atoms with Gasteiger partial charge in [0, 0.05) is 58.0 Å². The van der Waals surface area contributed by atoms with E-state index in [1.807, 2.05) is 24.9 Å². The van der Waals surface area contributed by atoms with Crippen LogP contribution < -0.4 is 0 Å². The maximum atomic E-state index is 12.7. The molecule has 25 heavy (non-hydrogen) atoms. The number of ether oxygens (including phenoxy) is 1. The van der Waals surface area contributed by atoms with Crippen molar-refractivity contribution in [3.63, 3.8) is 0 Å². The summed E-state index contributed by atoms with van der Waals surface area (Å²) in [6.07, 6.45) is 3.55. The van der Waals surface area contributed by atoms with Gasteiger partial charge >= 0.3 is 0 Å². The van der Waals surface area contributed by atoms with E-state index in [1.165, 1.54) is 0 Å². The van der Waals surface area contributed by atoms with E-state index >= 15 is 0 Å². The Kier molecular flexibility index (Phi) is 4.30. The third-order valence-corrected chi connectivity index (χ3v) is 4.91. The fourth-order valence-electron chi connectivity index (χ4n) is 3.73. The molecule has 0 radical (unpaired) electrons. The predicted octanol–water partition coefficient (Wildman–Crippen LogP) is 0.690. The molecule has 2 aromatic heterocycles. The Morgan fingerprint density at radius 1 is 1.36 bits per heavy atom. The van der Waals surface area contributed by atoms with Crippen molar-refractivity contribution in [1.82, 2.24) is 24.7 Å². The summed E-state index contributed by atoms with van der Waals surface area (Å²) in [5.41, 5.74) is 1.58. The molecule has 2 aliphatic heterocycles. The number of hydrogen-bond acceptors (Lipinski definition) is 6. The number of aryl methyl sites for hydroxylation is 2. The van der Waals surface area contributed by atoms with Gasteiger partial charge in [-0.2, -0.15) is 5.10 Å². The molecule has 0 saturated carbocycles. The third-order valence-electron chi connectivity index (χ3n) is 4.91. The van der Waals surface area contributed by atoms with E-state index in [4.69, 9.17) is 9.26 Å². The van der Waals surface area contributed by atoms with Crippen LogP contribution in [0.25, 0.3) is 0 Å². The third kappa shape index (κ3) is 3.45. The first-order chi connectivity index (χ1) is 12.1. The highest BCUT2D eigenvalue weighted by Gasteiger charge is 2.38. The topological polar surface area (TPSA) is 76.6 Å². The monoisotopic (exact) mass is 345 g/mol. The molecule has 0 bridgehead atoms. The second-order valence-corrected chi connectivity index (χ2v) is 6.95. The number of hydrogen-bond donors (Lipinski definition) is 0. The lowest BCUT2D eigenvalue weighted by molar-refractivity contribution is 0.0500. The maximum Gasteiger partial charge on any atom is 0.257 e. The predicted molar refractivity (Wildman–Crippen MR) is 88.9 cm³/mol. The molecule has 0 aromatic carbocycles. The van der Waals surface area contributed by atoms with Crippen molar-refractivity contribution in [3.8, 4) is 0 Å². The summed E-state index contributed by atoms with van der Waals surface area (Å²) >= 11 is 0. The molecule has 8 heteroatoms. The minimum Gasteiger partial charge on any atom is -0.375 e. The van der Waals surface area contributed by atoms with Crippen molar-refractivity contribution in [2.45, 2.75) is 19.6 Å². The summed E-state index contributed by atoms with van der Waals surface area (Å²) in [4.78, 5) is 16.9. The van der Waals surface area contributed by atoms with Gasteiger partial charge in [-0.1, -0.05) is 5.16 Å². The molecule has 0 unspecified atom stereocenters. The largest absolute Gasteiger partial charge is 0.375 e. The highest BCUT2D eigenvalue weighted by atomic mass is 16.5. The number of nitrogens with zero attached hydrogens (tertiary/aromatic N) is 5. The van der Waals surface area contributed by atoms with E-state index in [2.05, 4.69) is 15.2 Å². The molecule has 8 nitrogen and oxygen atoms in total. The maximum absolute atomic E-state index is 12.7. The number of fused-ring (bicyclic) bond motifs is 1. The van der Waals surface area contributed by atoms with E-state index in [9.17, 15) is 4.79 Å². The Balaban J connectivity index is 1.41. The minimum absolute atomic E-state index is 0.0305. The molecule has 0 N–H and O–H groups in total. The van der Waals surface area contributed by atoms with Gasteiger partial charge in [0.05, 0.1) is 30.2 Å². The van der Waals surface area contributed by atoms with Gasteiger partial charge in [-0.15, -0.1) is 0 Å². The fraction of sp³-hybridized carbons (Fsp3) is 0.588. The van der Waals surface area contributed by atoms with Gasteiger partial charge < -0.3 is 14.2 Å². The van der Waals surface area contributed by atoms with Crippen molar-refractivity contribution in [1.29, 1.82) is 0 Å². The molecule has 1 amide bonds. The molecule has 2 aliphatic rings. The molecule has 134 valence electrons. The number of aromatic nitrogens is 3. The van der Waals surface area contributed by atoms with Gasteiger partial charge in [0.1, 0.15) is 5.76 Å². The van der Waals surface area contributed by atoms with Crippen LogP contribution in [0.3, 0.4) is 0 Å². The van der Waals surface area contributed by atoms with Crippen LogP contribution in [0.2, 0.25) is 0 Å². The van der Waals surface area contributed by atoms with Crippen molar-refractivity contribution >= 4 is 5.91 Å². The normalized spacial score (nSPS) is 24.3. The summed E-state index contributed by atoms with van der Waals surface area (Å²) in [6.45, 7) is 6.33. The number of likely N-dealkylation sites (tertiary alicyclic amines) is 1. The SMILES string of the molecule is Cc1cc(CN2C[C@@H]3CN(C(=O)c4cnn(C)c4)CCO[C@@H]3C2)no1. The van der Waals surface area contributed by atoms with Crippen LogP contribution in [-0.4, -0.2) is 69.5 Å². The van der Waals surface area contributed by atoms with Crippen molar-refractivity contribution in [2.75, 3.05) is 32.8 Å². The summed E-state index contributed by atoms with van der Waals surface area (Å²) in [6, 6.07) is 1.97. The first-order valence-corrected chi connectivity index (χ1v) is 8.62. The van der Waals surface area contributed by atoms with Crippen LogP contribution in [0.1, 0.15) is 21.8 Å². The molecule has 2 atom stereocenters. The van der Waals surface area contributed by atoms with Gasteiger partial charge in [0.15, 0.2) is 0 Å². The van der Waals surface area contributed by atoms with Gasteiger partial charge in [-0.05, 0) is 6.92 Å². The molecule has 2 aromatic rings. The Morgan fingerprint density at radius 3 is 2.96 bits per heavy atom. The Bertz CT molecular complexity index is 755. The van der Waals surface area contributed by atoms with Crippen LogP contribution in [0.4, 0.5) is 0 Å². The second kappa shape index (κ2) is 6.61. The van der Waals surface area contributed by atoms with E-state index in [0.29, 0.717) is 31.2 Å². The van der Waals surface area contributed by atoms with Gasteiger partial charge in [0.2, 0.25) is 0 Å². The van der Waals surface area contributed by atoms with Crippen LogP contribution in [-0.2, 0) is 18.3 Å². The first-order valence-electron chi connectivity index (χ1n) is 8.62. The molecular weight excluding hydrogens is 322 g/mol. The zero-order valence-electron chi connectivity index (χ0n) is 14.6. The van der Waals surface area contributed by atoms with Crippen molar-refractivity contribution < 1.29 is 14.1 Å². The number of carbonyl (C=O) groups excluding carboxylic acids is 1. The Morgan fingerprint density at radius 2 is 2.24 bits per heavy atom. The number of rotatable bonds is 3. The van der Waals surface area contributed by atoms with Crippen LogP contribution >= 0.6 is 0 Å². The minimum atomic E-state index is 0.0305. The lowest BCUT2D eigenvalue weighted by atomic mass is 10.1. The molecule has 2 saturated heterocycles. The van der Waals surface area contributed by atoms with Gasteiger partial charge in [-0.3, -0.25) is 14.4 Å². The molecule has 2 fully saturated rings. The van der Waals surface area contributed by atoms with Crippen LogP contribution in [0.5, 0.6) is 0 Å². The zero-order valence-corrected chi connectivity index (χ0v) is 14.6. The van der Waals surface area contributed by atoms with Crippen molar-refractivity contribution in [2.24, 2.45) is 13.0 Å². The first kappa shape index (κ1) is 16.3. The van der Waals surface area contributed by atoms with Crippen LogP contribution in [0, 0.1) is 12.8 Å². The van der Waals surface area contributed by atoms with Gasteiger partial charge in [-0.25, -0.2) is 0 Å².